The first-order chi connectivity index (χ1) is 11.1. The van der Waals surface area contributed by atoms with E-state index in [1.807, 2.05) is 6.07 Å². The summed E-state index contributed by atoms with van der Waals surface area (Å²) in [4.78, 5) is 32.8. The van der Waals surface area contributed by atoms with Crippen molar-refractivity contribution in [2.75, 3.05) is 26.8 Å². The van der Waals surface area contributed by atoms with E-state index in [2.05, 4.69) is 15.3 Å². The number of nitrogens with one attached hydrogen (secondary N) is 2. The summed E-state index contributed by atoms with van der Waals surface area (Å²) in [5.74, 6) is 0.849. The van der Waals surface area contributed by atoms with Crippen molar-refractivity contribution in [2.24, 2.45) is 5.92 Å². The molecule has 0 saturated carbocycles. The maximum Gasteiger partial charge on any atom is 0.317 e. The molecular formula is C16H20N4O3. The number of carbonyl (C=O) groups excluding carboxylic acids is 1. The van der Waals surface area contributed by atoms with Gasteiger partial charge in [0.15, 0.2) is 0 Å². The molecule has 1 aliphatic heterocycles. The maximum absolute atomic E-state index is 12.1. The first kappa shape index (κ1) is 15.5. The largest absolute Gasteiger partial charge is 0.381 e. The number of hydrogen-bond donors (Lipinski definition) is 2. The fourth-order valence-corrected chi connectivity index (χ4v) is 2.62. The highest BCUT2D eigenvalue weighted by atomic mass is 16.5. The van der Waals surface area contributed by atoms with Gasteiger partial charge in [0.2, 0.25) is 0 Å². The van der Waals surface area contributed by atoms with Crippen LogP contribution in [0.4, 0.5) is 4.79 Å². The second-order valence-corrected chi connectivity index (χ2v) is 5.80. The number of carbonyl (C=O) groups is 1. The molecule has 1 aliphatic rings. The monoisotopic (exact) mass is 316 g/mol. The average molecular weight is 316 g/mol. The molecule has 23 heavy (non-hydrogen) atoms. The van der Waals surface area contributed by atoms with Crippen molar-refractivity contribution in [2.45, 2.75) is 13.0 Å². The molecule has 1 saturated heterocycles. The first-order valence-electron chi connectivity index (χ1n) is 7.68. The van der Waals surface area contributed by atoms with Gasteiger partial charge in [-0.15, -0.1) is 0 Å². The molecule has 122 valence electrons. The van der Waals surface area contributed by atoms with Crippen LogP contribution in [0.2, 0.25) is 0 Å². The van der Waals surface area contributed by atoms with Crippen molar-refractivity contribution in [1.29, 1.82) is 0 Å². The third-order valence-corrected chi connectivity index (χ3v) is 3.96. The third kappa shape index (κ3) is 3.68. The van der Waals surface area contributed by atoms with Gasteiger partial charge in [-0.05, 0) is 18.6 Å². The van der Waals surface area contributed by atoms with Gasteiger partial charge in [-0.1, -0.05) is 12.1 Å². The zero-order chi connectivity index (χ0) is 16.2. The summed E-state index contributed by atoms with van der Waals surface area (Å²) in [6.45, 7) is 2.31. The van der Waals surface area contributed by atoms with E-state index in [9.17, 15) is 9.59 Å². The lowest BCUT2D eigenvalue weighted by Gasteiger charge is -2.18. The van der Waals surface area contributed by atoms with Gasteiger partial charge in [-0.25, -0.2) is 9.78 Å². The molecule has 0 aliphatic carbocycles. The van der Waals surface area contributed by atoms with Crippen LogP contribution in [0, 0.1) is 5.92 Å². The smallest absolute Gasteiger partial charge is 0.317 e. The molecule has 0 spiro atoms. The van der Waals surface area contributed by atoms with Crippen molar-refractivity contribution in [3.8, 4) is 0 Å². The average Bonchev–Trinajstić information content (AvgIpc) is 3.06. The van der Waals surface area contributed by atoms with Crippen LogP contribution in [0.25, 0.3) is 10.9 Å². The van der Waals surface area contributed by atoms with Crippen molar-refractivity contribution < 1.29 is 9.53 Å². The van der Waals surface area contributed by atoms with Crippen molar-refractivity contribution in [3.05, 3.63) is 40.4 Å². The number of benzene rings is 1. The van der Waals surface area contributed by atoms with Crippen molar-refractivity contribution in [3.63, 3.8) is 0 Å². The highest BCUT2D eigenvalue weighted by Crippen LogP contribution is 2.11. The Kier molecular flexibility index (Phi) is 4.57. The van der Waals surface area contributed by atoms with E-state index < -0.39 is 0 Å². The molecule has 3 rings (SSSR count). The Morgan fingerprint density at radius 1 is 1.48 bits per heavy atom. The molecule has 2 N–H and O–H groups in total. The normalized spacial score (nSPS) is 17.3. The highest BCUT2D eigenvalue weighted by Gasteiger charge is 2.18. The SMILES string of the molecule is CN(Cc1nc2ccccc2c(=O)[nH]1)C(=O)NC[C@@H]1CCOC1. The Bertz CT molecular complexity index is 752. The number of ether oxygens (including phenoxy) is 1. The number of rotatable bonds is 4. The number of para-hydroxylation sites is 1. The minimum absolute atomic E-state index is 0.187. The van der Waals surface area contributed by atoms with Gasteiger partial charge in [-0.3, -0.25) is 4.79 Å². The number of urea groups is 1. The number of hydrogen-bond acceptors (Lipinski definition) is 4. The Balaban J connectivity index is 1.63. The van der Waals surface area contributed by atoms with E-state index in [1.165, 1.54) is 4.90 Å². The van der Waals surface area contributed by atoms with Gasteiger partial charge in [0.25, 0.3) is 5.56 Å². The quantitative estimate of drug-likeness (QED) is 0.884. The summed E-state index contributed by atoms with van der Waals surface area (Å²) < 4.78 is 5.28. The van der Waals surface area contributed by atoms with Crippen LogP contribution in [-0.4, -0.2) is 47.7 Å². The summed E-state index contributed by atoms with van der Waals surface area (Å²) in [5.41, 5.74) is 0.436. The van der Waals surface area contributed by atoms with Crippen LogP contribution in [-0.2, 0) is 11.3 Å². The molecule has 7 nitrogen and oxygen atoms in total. The molecule has 7 heteroatoms. The standard InChI is InChI=1S/C16H20N4O3/c1-20(16(22)17-8-11-6-7-23-10-11)9-14-18-13-5-3-2-4-12(13)15(21)19-14/h2-5,11H,6-10H2,1H3,(H,17,22)(H,18,19,21)/t11-/m0/s1. The summed E-state index contributed by atoms with van der Waals surface area (Å²) in [7, 11) is 1.68. The molecule has 2 aromatic rings. The topological polar surface area (TPSA) is 87.3 Å². The molecule has 1 atom stereocenters. The fraction of sp³-hybridized carbons (Fsp3) is 0.438. The lowest BCUT2D eigenvalue weighted by molar-refractivity contribution is 0.182. The third-order valence-electron chi connectivity index (χ3n) is 3.96. The predicted molar refractivity (Wildman–Crippen MR) is 86.2 cm³/mol. The van der Waals surface area contributed by atoms with E-state index in [0.717, 1.165) is 13.0 Å². The summed E-state index contributed by atoms with van der Waals surface area (Å²) in [6.07, 6.45) is 0.976. The molecule has 0 unspecified atom stereocenters. The summed E-state index contributed by atoms with van der Waals surface area (Å²) in [6, 6.07) is 6.95. The van der Waals surface area contributed by atoms with Gasteiger partial charge in [0, 0.05) is 26.1 Å². The molecule has 2 heterocycles. The number of H-pyrrole nitrogens is 1. The summed E-state index contributed by atoms with van der Waals surface area (Å²) >= 11 is 0. The van der Waals surface area contributed by atoms with Crippen LogP contribution in [0.15, 0.2) is 29.1 Å². The van der Waals surface area contributed by atoms with E-state index in [-0.39, 0.29) is 18.1 Å². The second kappa shape index (κ2) is 6.78. The number of nitrogens with zero attached hydrogens (tertiary/aromatic N) is 2. The van der Waals surface area contributed by atoms with Gasteiger partial charge in [0.1, 0.15) is 5.82 Å². The van der Waals surface area contributed by atoms with Gasteiger partial charge in [-0.2, -0.15) is 0 Å². The van der Waals surface area contributed by atoms with E-state index in [4.69, 9.17) is 4.74 Å². The number of aromatic amines is 1. The lowest BCUT2D eigenvalue weighted by atomic mass is 10.1. The Hall–Kier alpha value is -2.41. The summed E-state index contributed by atoms with van der Waals surface area (Å²) in [5, 5.41) is 3.43. The molecular weight excluding hydrogens is 296 g/mol. The predicted octanol–water partition coefficient (Wildman–Crippen LogP) is 1.10. The Morgan fingerprint density at radius 2 is 2.30 bits per heavy atom. The molecule has 0 bridgehead atoms. The lowest BCUT2D eigenvalue weighted by Crippen LogP contribution is -2.39. The highest BCUT2D eigenvalue weighted by molar-refractivity contribution is 5.77. The molecule has 2 amide bonds. The Labute approximate surface area is 133 Å². The van der Waals surface area contributed by atoms with E-state index >= 15 is 0 Å². The number of aromatic nitrogens is 2. The van der Waals surface area contributed by atoms with Gasteiger partial charge in [0.05, 0.1) is 24.1 Å². The molecule has 1 fully saturated rings. The number of fused-ring (bicyclic) bond motifs is 1. The van der Waals surface area contributed by atoms with Crippen LogP contribution >= 0.6 is 0 Å². The maximum atomic E-state index is 12.1. The zero-order valence-electron chi connectivity index (χ0n) is 13.0. The Morgan fingerprint density at radius 3 is 3.09 bits per heavy atom. The zero-order valence-corrected chi connectivity index (χ0v) is 13.0. The molecule has 1 aromatic heterocycles. The molecule has 0 radical (unpaired) electrons. The second-order valence-electron chi connectivity index (χ2n) is 5.80. The van der Waals surface area contributed by atoms with Crippen molar-refractivity contribution in [1.82, 2.24) is 20.2 Å². The van der Waals surface area contributed by atoms with E-state index in [1.54, 1.807) is 25.2 Å². The van der Waals surface area contributed by atoms with Crippen LogP contribution in [0.5, 0.6) is 0 Å². The van der Waals surface area contributed by atoms with Gasteiger partial charge < -0.3 is 19.9 Å². The first-order valence-corrected chi connectivity index (χ1v) is 7.68. The van der Waals surface area contributed by atoms with Crippen LogP contribution < -0.4 is 10.9 Å². The van der Waals surface area contributed by atoms with Crippen molar-refractivity contribution >= 4 is 16.9 Å². The minimum Gasteiger partial charge on any atom is -0.381 e. The van der Waals surface area contributed by atoms with Gasteiger partial charge >= 0.3 is 6.03 Å². The minimum atomic E-state index is -0.192. The van der Waals surface area contributed by atoms with E-state index in [0.29, 0.717) is 35.8 Å². The fourth-order valence-electron chi connectivity index (χ4n) is 2.62. The number of amides is 2. The van der Waals surface area contributed by atoms with Crippen LogP contribution in [0.1, 0.15) is 12.2 Å². The van der Waals surface area contributed by atoms with Crippen LogP contribution in [0.3, 0.4) is 0 Å². The molecule has 1 aromatic carbocycles.